The van der Waals surface area contributed by atoms with Crippen molar-refractivity contribution < 1.29 is 98.7 Å². The molecule has 1 amide bonds. The first-order valence-corrected chi connectivity index (χ1v) is 18.4. The van der Waals surface area contributed by atoms with Crippen LogP contribution in [0.4, 0.5) is 0 Å². The van der Waals surface area contributed by atoms with Crippen molar-refractivity contribution in [2.24, 2.45) is 0 Å². The number of ketones is 2. The van der Waals surface area contributed by atoms with Crippen LogP contribution in [0.2, 0.25) is 0 Å². The van der Waals surface area contributed by atoms with E-state index in [-0.39, 0.29) is 34.5 Å². The lowest BCUT2D eigenvalue weighted by Crippen LogP contribution is -2.62. The number of carbonyl (C=O) groups excluding carboxylic acids is 4. The summed E-state index contributed by atoms with van der Waals surface area (Å²) in [6.45, 7) is 1.33. The largest absolute Gasteiger partial charge is 0.507 e. The van der Waals surface area contributed by atoms with Gasteiger partial charge in [0.2, 0.25) is 0 Å². The van der Waals surface area contributed by atoms with Gasteiger partial charge in [-0.25, -0.2) is 0 Å². The van der Waals surface area contributed by atoms with Crippen molar-refractivity contribution in [2.45, 2.75) is 87.6 Å². The molecule has 0 bridgehead atoms. The highest BCUT2D eigenvalue weighted by molar-refractivity contribution is 6.31. The molecule has 7 rings (SSSR count). The second-order valence-corrected chi connectivity index (χ2v) is 14.6. The van der Waals surface area contributed by atoms with E-state index in [1.54, 1.807) is 0 Å². The number of nitrogens with one attached hydrogen (secondary N) is 1. The Morgan fingerprint density at radius 2 is 1.52 bits per heavy atom. The van der Waals surface area contributed by atoms with E-state index >= 15 is 0 Å². The molecule has 0 spiro atoms. The van der Waals surface area contributed by atoms with Crippen LogP contribution in [-0.4, -0.2) is 157 Å². The van der Waals surface area contributed by atoms with Crippen LogP contribution in [0.15, 0.2) is 24.3 Å². The van der Waals surface area contributed by atoms with Gasteiger partial charge in [0, 0.05) is 28.3 Å². The van der Waals surface area contributed by atoms with Gasteiger partial charge in [0.25, 0.3) is 12.4 Å². The number of aromatic hydroxyl groups is 3. The van der Waals surface area contributed by atoms with Crippen LogP contribution in [0.3, 0.4) is 0 Å². The van der Waals surface area contributed by atoms with E-state index in [2.05, 4.69) is 10.1 Å². The Morgan fingerprint density at radius 3 is 2.18 bits per heavy atom. The van der Waals surface area contributed by atoms with E-state index in [1.807, 2.05) is 0 Å². The van der Waals surface area contributed by atoms with Gasteiger partial charge in [-0.2, -0.15) is 0 Å². The SMILES string of the molecule is COc1cc(O)c2c(c1)C(=O)c1c(cc3c(c1O)-c1c(cc(C)c(C(=O)N[C@H](CO)OC=O)c1O)[C@H](O[C@@H]1OC(C)[C@H](O)C(O[C@@H]4OC[C@@H](O)[C@H](O)C4O)[C@H]1O)[C@H]3O)C2=O. The summed E-state index contributed by atoms with van der Waals surface area (Å²) < 4.78 is 32.8. The van der Waals surface area contributed by atoms with E-state index in [9.17, 15) is 70.2 Å². The third-order valence-electron chi connectivity index (χ3n) is 11.0. The molecule has 21 nitrogen and oxygen atoms in total. The van der Waals surface area contributed by atoms with E-state index < -0.39 is 155 Å². The van der Waals surface area contributed by atoms with Crippen LogP contribution < -0.4 is 10.1 Å². The summed E-state index contributed by atoms with van der Waals surface area (Å²) in [7, 11) is 1.25. The minimum Gasteiger partial charge on any atom is -0.507 e. The number of benzene rings is 3. The Bertz CT molecular complexity index is 2250. The van der Waals surface area contributed by atoms with Crippen LogP contribution >= 0.6 is 0 Å². The zero-order valence-electron chi connectivity index (χ0n) is 31.8. The van der Waals surface area contributed by atoms with Crippen LogP contribution in [-0.2, 0) is 28.5 Å². The molecule has 0 radical (unpaired) electrons. The summed E-state index contributed by atoms with van der Waals surface area (Å²) in [6, 6.07) is 4.54. The highest BCUT2D eigenvalue weighted by atomic mass is 16.7. The second-order valence-electron chi connectivity index (χ2n) is 14.6. The van der Waals surface area contributed by atoms with Gasteiger partial charge in [-0.15, -0.1) is 0 Å². The molecule has 2 aliphatic carbocycles. The molecule has 3 unspecified atom stereocenters. The van der Waals surface area contributed by atoms with Gasteiger partial charge < -0.3 is 84.8 Å². The van der Waals surface area contributed by atoms with Crippen molar-refractivity contribution in [1.82, 2.24) is 5.32 Å². The number of aryl methyl sites for hydroxylation is 1. The molecule has 21 heteroatoms. The predicted molar refractivity (Wildman–Crippen MR) is 195 cm³/mol. The molecule has 11 N–H and O–H groups in total. The maximum Gasteiger partial charge on any atom is 0.295 e. The second kappa shape index (κ2) is 16.3. The van der Waals surface area contributed by atoms with Crippen molar-refractivity contribution in [3.8, 4) is 34.1 Å². The van der Waals surface area contributed by atoms with Gasteiger partial charge in [-0.3, -0.25) is 19.2 Å². The summed E-state index contributed by atoms with van der Waals surface area (Å²) in [6.07, 6.45) is -20.2. The summed E-state index contributed by atoms with van der Waals surface area (Å²) >= 11 is 0. The Kier molecular flexibility index (Phi) is 11.6. The monoisotopic (exact) mass is 843 g/mol. The molecule has 0 saturated carbocycles. The lowest BCUT2D eigenvalue weighted by molar-refractivity contribution is -0.353. The van der Waals surface area contributed by atoms with Gasteiger partial charge in [0.15, 0.2) is 30.4 Å². The average molecular weight is 844 g/mol. The maximum absolute atomic E-state index is 14.1. The van der Waals surface area contributed by atoms with E-state index in [1.165, 1.54) is 33.1 Å². The number of hydrogen-bond donors (Lipinski definition) is 11. The number of carbonyl (C=O) groups is 4. The zero-order valence-corrected chi connectivity index (χ0v) is 31.8. The maximum atomic E-state index is 14.1. The highest BCUT2D eigenvalue weighted by Crippen LogP contribution is 2.57. The molecule has 12 atom stereocenters. The predicted octanol–water partition coefficient (Wildman–Crippen LogP) is -1.82. The molecule has 3 aromatic rings. The fraction of sp³-hybridized carbons (Fsp3) is 0.436. The molecule has 60 heavy (non-hydrogen) atoms. The van der Waals surface area contributed by atoms with E-state index in [0.29, 0.717) is 0 Å². The van der Waals surface area contributed by atoms with Gasteiger partial charge in [0.1, 0.15) is 71.8 Å². The minimum absolute atomic E-state index is 0.00185. The van der Waals surface area contributed by atoms with Crippen LogP contribution in [0, 0.1) is 6.92 Å². The van der Waals surface area contributed by atoms with Crippen LogP contribution in [0.1, 0.15) is 78.0 Å². The van der Waals surface area contributed by atoms with Gasteiger partial charge in [-0.1, -0.05) is 6.07 Å². The molecule has 322 valence electrons. The first-order chi connectivity index (χ1) is 28.4. The smallest absolute Gasteiger partial charge is 0.295 e. The number of aliphatic hydroxyl groups is 7. The van der Waals surface area contributed by atoms with Crippen molar-refractivity contribution >= 4 is 23.9 Å². The van der Waals surface area contributed by atoms with E-state index in [0.717, 1.165) is 12.1 Å². The third kappa shape index (κ3) is 6.92. The highest BCUT2D eigenvalue weighted by Gasteiger charge is 2.51. The minimum atomic E-state index is -1.96. The van der Waals surface area contributed by atoms with Gasteiger partial charge in [0.05, 0.1) is 43.1 Å². The molecule has 2 fully saturated rings. The van der Waals surface area contributed by atoms with Crippen molar-refractivity contribution in [3.05, 3.63) is 68.8 Å². The first-order valence-electron chi connectivity index (χ1n) is 18.4. The third-order valence-corrected chi connectivity index (χ3v) is 11.0. The van der Waals surface area contributed by atoms with Gasteiger partial charge in [-0.05, 0) is 42.7 Å². The number of aliphatic hydroxyl groups excluding tert-OH is 7. The molecular weight excluding hydrogens is 802 g/mol. The lowest BCUT2D eigenvalue weighted by atomic mass is 9.74. The number of fused-ring (bicyclic) bond motifs is 5. The summed E-state index contributed by atoms with van der Waals surface area (Å²) in [5.74, 6) is -5.48. The normalized spacial score (nSPS) is 30.0. The fourth-order valence-electron chi connectivity index (χ4n) is 7.96. The van der Waals surface area contributed by atoms with Gasteiger partial charge >= 0.3 is 0 Å². The Labute approximate surface area is 338 Å². The quantitative estimate of drug-likeness (QED) is 0.0618. The number of ether oxygens (including phenoxy) is 6. The van der Waals surface area contributed by atoms with Crippen molar-refractivity contribution in [2.75, 3.05) is 20.3 Å². The number of rotatable bonds is 10. The van der Waals surface area contributed by atoms with Crippen LogP contribution in [0.5, 0.6) is 23.0 Å². The fourth-order valence-corrected chi connectivity index (χ4v) is 7.96. The Hall–Kier alpha value is -5.30. The van der Waals surface area contributed by atoms with Crippen LogP contribution in [0.25, 0.3) is 11.1 Å². The molecule has 2 saturated heterocycles. The number of phenols is 3. The molecule has 0 aromatic heterocycles. The van der Waals surface area contributed by atoms with E-state index in [4.69, 9.17) is 23.7 Å². The summed E-state index contributed by atoms with van der Waals surface area (Å²) in [5.41, 5.74) is -3.78. The molecule has 2 heterocycles. The lowest BCUT2D eigenvalue weighted by Gasteiger charge is -2.45. The Balaban J connectivity index is 1.36. The average Bonchev–Trinajstić information content (AvgIpc) is 3.21. The molecule has 3 aromatic carbocycles. The number of phenolic OH excluding ortho intramolecular Hbond substituents is 3. The topological polar surface area (TPSA) is 338 Å². The summed E-state index contributed by atoms with van der Waals surface area (Å²) in [4.78, 5) is 52.6. The molecule has 4 aliphatic rings. The zero-order chi connectivity index (χ0) is 43.6. The molecule has 2 aliphatic heterocycles. The number of hydrogen-bond acceptors (Lipinski definition) is 20. The first kappa shape index (κ1) is 42.8. The van der Waals surface area contributed by atoms with Crippen molar-refractivity contribution in [1.29, 1.82) is 0 Å². The molecular formula is C39H41NO20. The number of methoxy groups -OCH3 is 1. The van der Waals surface area contributed by atoms with Crippen molar-refractivity contribution in [3.63, 3.8) is 0 Å². The Morgan fingerprint density at radius 1 is 0.850 bits per heavy atom. The standard InChI is InChI=1S/C39H41NO20/c1-11-4-17-24(31(50)21(11)37(54)40-20(8-41)57-10-42)23-15(7-16-25(32(23)51)28(47)14-5-13(55-3)6-18(43)22(14)27(16)46)29(48)35(17)59-39-34(53)36(26(45)12(2)58-39)60-38-33(52)30(49)19(44)9-56-38/h4-7,10,12,19-20,26,29-30,33-36,38-39,41,43-45,48-53H,8-9H2,1-3H3,(H,40,54)/t12?,19-,20+,26+,29+,30+,33?,34-,35+,36?,38+,39+/m1/s1. The number of amides is 1. The summed E-state index contributed by atoms with van der Waals surface area (Å²) in [5, 5.41) is 112.